The fraction of sp³-hybridized carbons (Fsp3) is 0.400. The molecule has 0 saturated heterocycles. The van der Waals surface area contributed by atoms with Gasteiger partial charge in [-0.15, -0.1) is 11.3 Å². The summed E-state index contributed by atoms with van der Waals surface area (Å²) in [6, 6.07) is 4.35. The third-order valence-corrected chi connectivity index (χ3v) is 3.13. The van der Waals surface area contributed by atoms with E-state index in [2.05, 4.69) is 29.9 Å². The van der Waals surface area contributed by atoms with Crippen molar-refractivity contribution in [2.75, 3.05) is 6.61 Å². The molecule has 0 aliphatic heterocycles. The van der Waals surface area contributed by atoms with Gasteiger partial charge in [-0.3, -0.25) is 0 Å². The van der Waals surface area contributed by atoms with Gasteiger partial charge in [0.15, 0.2) is 0 Å². The summed E-state index contributed by atoms with van der Waals surface area (Å²) in [5.41, 5.74) is 1.31. The summed E-state index contributed by atoms with van der Waals surface area (Å²) in [5.74, 6) is 0. The molecule has 13 heavy (non-hydrogen) atoms. The smallest absolute Gasteiger partial charge is 0.0810 e. The number of fused-ring (bicyclic) bond motifs is 1. The highest BCUT2D eigenvalue weighted by Crippen LogP contribution is 2.26. The Bertz CT molecular complexity index is 402. The molecule has 0 atom stereocenters. The maximum atomic E-state index is 5.36. The highest BCUT2D eigenvalue weighted by atomic mass is 32.1. The molecule has 2 heterocycles. The van der Waals surface area contributed by atoms with Crippen molar-refractivity contribution in [2.45, 2.75) is 13.5 Å². The number of nitrogens with zero attached hydrogens (tertiary/aromatic N) is 1. The zero-order valence-electron chi connectivity index (χ0n) is 7.91. The third-order valence-electron chi connectivity index (χ3n) is 2.07. The fourth-order valence-electron chi connectivity index (χ4n) is 1.38. The van der Waals surface area contributed by atoms with Gasteiger partial charge in [0.2, 0.25) is 0 Å². The number of rotatable bonds is 3. The zero-order chi connectivity index (χ0) is 9.26. The maximum absolute atomic E-state index is 5.36. The lowest BCUT2D eigenvalue weighted by Crippen LogP contribution is -1.88. The minimum Gasteiger partial charge on any atom is -0.376 e. The van der Waals surface area contributed by atoms with Crippen LogP contribution in [0.3, 0.4) is 0 Å². The molecule has 3 heteroatoms. The van der Waals surface area contributed by atoms with Crippen molar-refractivity contribution in [3.05, 3.63) is 23.2 Å². The summed E-state index contributed by atoms with van der Waals surface area (Å²) in [5, 5.41) is 0. The summed E-state index contributed by atoms with van der Waals surface area (Å²) in [7, 11) is 2.07. The number of thiophene rings is 1. The Balaban J connectivity index is 2.28. The predicted octanol–water partition coefficient (Wildman–Crippen LogP) is 2.78. The molecule has 0 aliphatic rings. The molecule has 0 radical (unpaired) electrons. The van der Waals surface area contributed by atoms with Crippen LogP contribution in [0.2, 0.25) is 0 Å². The third kappa shape index (κ3) is 1.62. The Morgan fingerprint density at radius 1 is 1.54 bits per heavy atom. The summed E-state index contributed by atoms with van der Waals surface area (Å²) >= 11 is 1.81. The van der Waals surface area contributed by atoms with Crippen LogP contribution in [0.25, 0.3) is 10.2 Å². The van der Waals surface area contributed by atoms with Gasteiger partial charge in [0.1, 0.15) is 0 Å². The van der Waals surface area contributed by atoms with Gasteiger partial charge in [-0.2, -0.15) is 0 Å². The van der Waals surface area contributed by atoms with Crippen LogP contribution < -0.4 is 0 Å². The van der Waals surface area contributed by atoms with Gasteiger partial charge < -0.3 is 9.30 Å². The van der Waals surface area contributed by atoms with E-state index in [9.17, 15) is 0 Å². The van der Waals surface area contributed by atoms with Gasteiger partial charge in [0.25, 0.3) is 0 Å². The predicted molar refractivity (Wildman–Crippen MR) is 56.1 cm³/mol. The monoisotopic (exact) mass is 195 g/mol. The van der Waals surface area contributed by atoms with E-state index in [1.54, 1.807) is 0 Å². The van der Waals surface area contributed by atoms with Crippen molar-refractivity contribution in [2.24, 2.45) is 7.05 Å². The zero-order valence-corrected chi connectivity index (χ0v) is 8.73. The Labute approximate surface area is 81.7 Å². The van der Waals surface area contributed by atoms with E-state index >= 15 is 0 Å². The molecule has 0 N–H and O–H groups in total. The Hall–Kier alpha value is -0.800. The average Bonchev–Trinajstić information content (AvgIpc) is 2.65. The maximum Gasteiger partial charge on any atom is 0.0810 e. The molecule has 0 unspecified atom stereocenters. The van der Waals surface area contributed by atoms with E-state index in [0.717, 1.165) is 13.2 Å². The molecule has 2 rings (SSSR count). The first-order valence-electron chi connectivity index (χ1n) is 4.42. The molecule has 2 nitrogen and oxygen atoms in total. The normalized spacial score (nSPS) is 11.2. The van der Waals surface area contributed by atoms with Crippen molar-refractivity contribution in [1.82, 2.24) is 4.57 Å². The molecule has 0 saturated carbocycles. The SMILES string of the molecule is CCOCc1cc2c(ccn2C)s1. The first-order chi connectivity index (χ1) is 6.31. The van der Waals surface area contributed by atoms with Crippen LogP contribution in [-0.2, 0) is 18.4 Å². The van der Waals surface area contributed by atoms with Crippen molar-refractivity contribution in [1.29, 1.82) is 0 Å². The summed E-state index contributed by atoms with van der Waals surface area (Å²) in [6.45, 7) is 3.55. The summed E-state index contributed by atoms with van der Waals surface area (Å²) < 4.78 is 8.84. The second-order valence-electron chi connectivity index (χ2n) is 3.03. The molecule has 0 aliphatic carbocycles. The van der Waals surface area contributed by atoms with Crippen LogP contribution in [0, 0.1) is 0 Å². The van der Waals surface area contributed by atoms with E-state index in [-0.39, 0.29) is 0 Å². The summed E-state index contributed by atoms with van der Waals surface area (Å²) in [6.07, 6.45) is 2.09. The average molecular weight is 195 g/mol. The van der Waals surface area contributed by atoms with Gasteiger partial charge in [0, 0.05) is 24.7 Å². The lowest BCUT2D eigenvalue weighted by molar-refractivity contribution is 0.136. The number of hydrogen-bond acceptors (Lipinski definition) is 2. The van der Waals surface area contributed by atoms with Gasteiger partial charge >= 0.3 is 0 Å². The molecule has 2 aromatic rings. The molecule has 2 aromatic heterocycles. The largest absolute Gasteiger partial charge is 0.376 e. The van der Waals surface area contributed by atoms with Crippen molar-refractivity contribution in [3.63, 3.8) is 0 Å². The minimum absolute atomic E-state index is 0.746. The molecule has 0 fully saturated rings. The van der Waals surface area contributed by atoms with Crippen LogP contribution in [0.4, 0.5) is 0 Å². The molecule has 0 amide bonds. The quantitative estimate of drug-likeness (QED) is 0.734. The lowest BCUT2D eigenvalue weighted by Gasteiger charge is -1.95. The number of aromatic nitrogens is 1. The van der Waals surface area contributed by atoms with Crippen LogP contribution in [0.1, 0.15) is 11.8 Å². The van der Waals surface area contributed by atoms with E-state index in [0.29, 0.717) is 0 Å². The van der Waals surface area contributed by atoms with Crippen molar-refractivity contribution < 1.29 is 4.74 Å². The molecule has 0 aromatic carbocycles. The Morgan fingerprint density at radius 2 is 2.38 bits per heavy atom. The minimum atomic E-state index is 0.746. The van der Waals surface area contributed by atoms with E-state index in [1.807, 2.05) is 18.3 Å². The standard InChI is InChI=1S/C10H13NOS/c1-3-12-7-8-6-9-10(13-8)4-5-11(9)2/h4-6H,3,7H2,1-2H3. The van der Waals surface area contributed by atoms with Crippen molar-refractivity contribution >= 4 is 21.6 Å². The second-order valence-corrected chi connectivity index (χ2v) is 4.19. The highest BCUT2D eigenvalue weighted by Gasteiger charge is 2.03. The number of hydrogen-bond donors (Lipinski definition) is 0. The van der Waals surface area contributed by atoms with E-state index < -0.39 is 0 Å². The molecule has 0 spiro atoms. The topological polar surface area (TPSA) is 14.2 Å². The second kappa shape index (κ2) is 3.52. The van der Waals surface area contributed by atoms with Crippen molar-refractivity contribution in [3.8, 4) is 0 Å². The first-order valence-corrected chi connectivity index (χ1v) is 5.24. The van der Waals surface area contributed by atoms with Crippen LogP contribution in [-0.4, -0.2) is 11.2 Å². The van der Waals surface area contributed by atoms with E-state index in [4.69, 9.17) is 4.74 Å². The Morgan fingerprint density at radius 3 is 3.08 bits per heavy atom. The van der Waals surface area contributed by atoms with Gasteiger partial charge in [-0.05, 0) is 19.1 Å². The summed E-state index contributed by atoms with van der Waals surface area (Å²) in [4.78, 5) is 1.31. The van der Waals surface area contributed by atoms with Crippen LogP contribution in [0.15, 0.2) is 18.3 Å². The molecule has 70 valence electrons. The lowest BCUT2D eigenvalue weighted by atomic mass is 10.4. The molecule has 0 bridgehead atoms. The first kappa shape index (κ1) is 8.78. The molecular formula is C10H13NOS. The Kier molecular flexibility index (Phi) is 2.38. The fourth-order valence-corrected chi connectivity index (χ4v) is 2.41. The van der Waals surface area contributed by atoms with Gasteiger partial charge in [-0.25, -0.2) is 0 Å². The van der Waals surface area contributed by atoms with E-state index in [1.165, 1.54) is 15.1 Å². The highest BCUT2D eigenvalue weighted by molar-refractivity contribution is 7.19. The van der Waals surface area contributed by atoms with Crippen LogP contribution >= 0.6 is 11.3 Å². The number of aryl methyl sites for hydroxylation is 1. The van der Waals surface area contributed by atoms with Crippen LogP contribution in [0.5, 0.6) is 0 Å². The van der Waals surface area contributed by atoms with Gasteiger partial charge in [-0.1, -0.05) is 0 Å². The number of ether oxygens (including phenoxy) is 1. The molecular weight excluding hydrogens is 182 g/mol. The van der Waals surface area contributed by atoms with Gasteiger partial charge in [0.05, 0.1) is 16.8 Å².